The topological polar surface area (TPSA) is 119 Å². The van der Waals surface area contributed by atoms with Gasteiger partial charge in [-0.1, -0.05) is 96.7 Å². The Hall–Kier alpha value is -4.02. The van der Waals surface area contributed by atoms with Gasteiger partial charge in [0.15, 0.2) is 0 Å². The van der Waals surface area contributed by atoms with E-state index in [0.29, 0.717) is 27.7 Å². The van der Waals surface area contributed by atoms with E-state index in [2.05, 4.69) is 62.8 Å². The van der Waals surface area contributed by atoms with Crippen molar-refractivity contribution in [3.8, 4) is 0 Å². The molecule has 304 valence electrons. The summed E-state index contributed by atoms with van der Waals surface area (Å²) in [4.78, 5) is 32.0. The van der Waals surface area contributed by atoms with Gasteiger partial charge in [-0.25, -0.2) is 24.7 Å². The fourth-order valence-corrected chi connectivity index (χ4v) is 10.3. The van der Waals surface area contributed by atoms with E-state index in [9.17, 15) is 4.79 Å². The maximum Gasteiger partial charge on any atom is 0.410 e. The van der Waals surface area contributed by atoms with Crippen LogP contribution in [0.2, 0.25) is 15.3 Å². The van der Waals surface area contributed by atoms with E-state index in [-0.39, 0.29) is 29.5 Å². The number of rotatable bonds is 4. The van der Waals surface area contributed by atoms with Crippen molar-refractivity contribution in [3.05, 3.63) is 122 Å². The summed E-state index contributed by atoms with van der Waals surface area (Å²) in [6.45, 7) is 5.73. The summed E-state index contributed by atoms with van der Waals surface area (Å²) in [5, 5.41) is 4.81. The molecule has 4 aliphatic carbocycles. The van der Waals surface area contributed by atoms with Crippen molar-refractivity contribution < 1.29 is 9.53 Å². The number of hydrogen-bond acceptors (Lipinski definition) is 8. The highest BCUT2D eigenvalue weighted by atomic mass is 35.5. The number of carbonyl (C=O) groups is 1. The van der Waals surface area contributed by atoms with Crippen molar-refractivity contribution in [2.75, 3.05) is 5.32 Å². The zero-order valence-corrected chi connectivity index (χ0v) is 35.7. The number of aromatic nitrogens is 4. The number of ether oxygens (including phenoxy) is 1. The molecule has 0 radical (unpaired) electrons. The van der Waals surface area contributed by atoms with Crippen LogP contribution < -0.4 is 11.1 Å². The normalized spacial score (nSPS) is 25.0. The molecule has 4 heterocycles. The Morgan fingerprint density at radius 1 is 0.741 bits per heavy atom. The minimum Gasteiger partial charge on any atom is -0.444 e. The molecule has 4 fully saturated rings. The number of halogens is 3. The lowest BCUT2D eigenvalue weighted by Gasteiger charge is -2.39. The van der Waals surface area contributed by atoms with Crippen LogP contribution in [0.25, 0.3) is 11.1 Å². The van der Waals surface area contributed by atoms with Crippen molar-refractivity contribution >= 4 is 58.0 Å². The van der Waals surface area contributed by atoms with Gasteiger partial charge in [-0.2, -0.15) is 0 Å². The number of nitrogens with zero attached hydrogens (tertiary/aromatic N) is 5. The van der Waals surface area contributed by atoms with E-state index in [0.717, 1.165) is 67.2 Å². The maximum absolute atomic E-state index is 12.7. The van der Waals surface area contributed by atoms with Gasteiger partial charge in [-0.3, -0.25) is 0 Å². The molecule has 12 heteroatoms. The van der Waals surface area contributed by atoms with Gasteiger partial charge in [0.25, 0.3) is 0 Å². The van der Waals surface area contributed by atoms with Crippen LogP contribution >= 0.6 is 34.8 Å². The summed E-state index contributed by atoms with van der Waals surface area (Å²) < 4.78 is 5.65. The second-order valence-corrected chi connectivity index (χ2v) is 18.7. The first-order valence-corrected chi connectivity index (χ1v) is 21.8. The van der Waals surface area contributed by atoms with E-state index in [4.69, 9.17) is 50.3 Å². The van der Waals surface area contributed by atoms with Crippen LogP contribution in [-0.4, -0.2) is 60.7 Å². The molecule has 2 aromatic heterocycles. The minimum absolute atomic E-state index is 0.192. The summed E-state index contributed by atoms with van der Waals surface area (Å²) >= 11 is 18.4. The Morgan fingerprint density at radius 3 is 1.84 bits per heavy atom. The fourth-order valence-electron chi connectivity index (χ4n) is 9.82. The highest BCUT2D eigenvalue weighted by Crippen LogP contribution is 2.42. The Kier molecular flexibility index (Phi) is 12.1. The summed E-state index contributed by atoms with van der Waals surface area (Å²) in [5.41, 5.74) is 13.9. The van der Waals surface area contributed by atoms with E-state index in [1.807, 2.05) is 43.9 Å². The summed E-state index contributed by atoms with van der Waals surface area (Å²) in [6, 6.07) is 17.7. The second-order valence-electron chi connectivity index (χ2n) is 17.5. The lowest BCUT2D eigenvalue weighted by atomic mass is 9.86. The monoisotopic (exact) mass is 839 g/mol. The largest absolute Gasteiger partial charge is 0.444 e. The van der Waals surface area contributed by atoms with Gasteiger partial charge in [0, 0.05) is 35.3 Å². The van der Waals surface area contributed by atoms with Gasteiger partial charge in [0.1, 0.15) is 5.60 Å². The third-order valence-corrected chi connectivity index (χ3v) is 13.0. The third-order valence-electron chi connectivity index (χ3n) is 12.2. The van der Waals surface area contributed by atoms with Gasteiger partial charge in [0.05, 0.1) is 33.8 Å². The standard InChI is InChI=1S/C25H29ClN4O2.C13H8Cl2N2.C8H15N/c1-25(2,3)32-24(31)30-17-9-10-18(30)13-16(12-17)28-23-27-14-21(26)22(29-23)20-11-8-15-6-4-5-7-19(15)20;14-11-7-16-13(15)17-12(11)10-6-5-8-3-1-2-4-9(8)10;9-8-4-6-1-2-7(3-6)5-8/h4-7,11,14,16-18H,8-10,12-13H2,1-3H3,(H,27,28,29);1-4,6-7H,5H2;6-8H,1-5,9H2/t16?,17-,18+;;6-,7+,8?. The van der Waals surface area contributed by atoms with Crippen LogP contribution in [0, 0.1) is 11.8 Å². The molecule has 58 heavy (non-hydrogen) atoms. The number of allylic oxidation sites excluding steroid dienone is 2. The number of anilines is 1. The van der Waals surface area contributed by atoms with Crippen molar-refractivity contribution in [2.45, 2.75) is 121 Å². The number of hydrogen-bond donors (Lipinski definition) is 2. The van der Waals surface area contributed by atoms with Crippen LogP contribution in [0.3, 0.4) is 0 Å². The predicted molar refractivity (Wildman–Crippen MR) is 233 cm³/mol. The van der Waals surface area contributed by atoms with Gasteiger partial charge in [-0.05, 0) is 124 Å². The summed E-state index contributed by atoms with van der Waals surface area (Å²) in [6.07, 6.45) is 19.9. The van der Waals surface area contributed by atoms with Crippen molar-refractivity contribution in [1.82, 2.24) is 24.8 Å². The molecule has 0 spiro atoms. The van der Waals surface area contributed by atoms with Gasteiger partial charge < -0.3 is 20.7 Å². The highest BCUT2D eigenvalue weighted by molar-refractivity contribution is 6.33. The first kappa shape index (κ1) is 40.7. The van der Waals surface area contributed by atoms with Crippen LogP contribution in [0.1, 0.15) is 112 Å². The Bertz CT molecular complexity index is 2200. The molecule has 10 rings (SSSR count). The molecule has 4 aromatic rings. The first-order valence-electron chi connectivity index (χ1n) is 20.7. The number of benzene rings is 2. The van der Waals surface area contributed by atoms with E-state index in [1.165, 1.54) is 60.6 Å². The van der Waals surface area contributed by atoms with Crippen molar-refractivity contribution in [2.24, 2.45) is 17.6 Å². The quantitative estimate of drug-likeness (QED) is 0.195. The molecule has 1 amide bonds. The Labute approximate surface area is 356 Å². The van der Waals surface area contributed by atoms with Gasteiger partial charge >= 0.3 is 6.09 Å². The van der Waals surface area contributed by atoms with E-state index in [1.54, 1.807) is 6.20 Å². The Balaban J connectivity index is 0.000000148. The average molecular weight is 841 g/mol. The molecular weight excluding hydrogens is 789 g/mol. The van der Waals surface area contributed by atoms with Crippen molar-refractivity contribution in [3.63, 3.8) is 0 Å². The minimum atomic E-state index is -0.479. The fraction of sp³-hybridized carbons (Fsp3) is 0.457. The lowest BCUT2D eigenvalue weighted by molar-refractivity contribution is 0.00681. The van der Waals surface area contributed by atoms with Crippen LogP contribution in [0.5, 0.6) is 0 Å². The predicted octanol–water partition coefficient (Wildman–Crippen LogP) is 10.8. The molecule has 9 nitrogen and oxygen atoms in total. The lowest BCUT2D eigenvalue weighted by Crippen LogP contribution is -2.51. The summed E-state index contributed by atoms with van der Waals surface area (Å²) in [5.74, 6) is 2.61. The second kappa shape index (κ2) is 17.3. The van der Waals surface area contributed by atoms with Gasteiger partial charge in [-0.15, -0.1) is 0 Å². The molecular formula is C46H52Cl3N7O2. The molecule has 2 saturated carbocycles. The van der Waals surface area contributed by atoms with E-state index < -0.39 is 5.60 Å². The Morgan fingerprint density at radius 2 is 1.28 bits per heavy atom. The average Bonchev–Trinajstić information content (AvgIpc) is 3.96. The molecule has 2 unspecified atom stereocenters. The molecule has 3 N–H and O–H groups in total. The van der Waals surface area contributed by atoms with Crippen molar-refractivity contribution in [1.29, 1.82) is 0 Å². The molecule has 6 atom stereocenters. The zero-order chi connectivity index (χ0) is 40.6. The van der Waals surface area contributed by atoms with Gasteiger partial charge in [0.2, 0.25) is 11.2 Å². The third kappa shape index (κ3) is 9.23. The number of nitrogens with one attached hydrogen (secondary N) is 1. The molecule has 2 aliphatic heterocycles. The number of piperidine rings is 1. The number of carbonyl (C=O) groups excluding carboxylic acids is 1. The van der Waals surface area contributed by atoms with Crippen LogP contribution in [-0.2, 0) is 17.6 Å². The maximum atomic E-state index is 12.7. The number of nitrogens with two attached hydrogens (primary N) is 1. The van der Waals surface area contributed by atoms with Crippen LogP contribution in [0.15, 0.2) is 73.1 Å². The number of fused-ring (bicyclic) bond motifs is 6. The molecule has 4 bridgehead atoms. The highest BCUT2D eigenvalue weighted by Gasteiger charge is 2.45. The number of amides is 1. The first-order chi connectivity index (χ1) is 27.9. The smallest absolute Gasteiger partial charge is 0.410 e. The zero-order valence-electron chi connectivity index (χ0n) is 33.4. The summed E-state index contributed by atoms with van der Waals surface area (Å²) in [7, 11) is 0. The molecule has 2 aromatic carbocycles. The molecule has 6 aliphatic rings. The van der Waals surface area contributed by atoms with Crippen LogP contribution in [0.4, 0.5) is 10.7 Å². The molecule has 2 saturated heterocycles. The van der Waals surface area contributed by atoms with E-state index >= 15 is 0 Å². The SMILES string of the molecule is CC(C)(C)OC(=O)N1[C@@H]2CC[C@H]1CC(Nc1ncc(Cl)c(C3=CCc4ccccc43)n1)C2.Clc1ncc(Cl)c(C2=CCc3ccccc32)n1.NC1C[C@H]2CC[C@@H](C1)C2.